The summed E-state index contributed by atoms with van der Waals surface area (Å²) in [5.74, 6) is 0. The van der Waals surface area contributed by atoms with Crippen LogP contribution in [-0.4, -0.2) is 30.6 Å². The Labute approximate surface area is 201 Å². The molecule has 0 saturated carbocycles. The van der Waals surface area contributed by atoms with E-state index < -0.39 is 7.14 Å². The van der Waals surface area contributed by atoms with E-state index in [1.165, 1.54) is 0 Å². The average molecular weight is 476 g/mol. The summed E-state index contributed by atoms with van der Waals surface area (Å²) < 4.78 is 15.3. The first-order chi connectivity index (χ1) is 17.2. The van der Waals surface area contributed by atoms with Crippen molar-refractivity contribution >= 4 is 23.1 Å². The number of hydrogen-bond acceptors (Lipinski definition) is 4. The van der Waals surface area contributed by atoms with Crippen LogP contribution >= 0.6 is 7.14 Å². The molecule has 0 bridgehead atoms. The summed E-state index contributed by atoms with van der Waals surface area (Å²) in [5, 5.41) is 23.7. The van der Waals surface area contributed by atoms with E-state index in [1.54, 1.807) is 18.6 Å². The molecule has 0 saturated heterocycles. The number of hydrogen-bond donors (Lipinski definition) is 3. The van der Waals surface area contributed by atoms with Gasteiger partial charge in [0.15, 0.2) is 7.14 Å². The van der Waals surface area contributed by atoms with Crippen LogP contribution in [0.3, 0.4) is 0 Å². The number of rotatable bonds is 6. The second-order valence-corrected chi connectivity index (χ2v) is 10.9. The van der Waals surface area contributed by atoms with Gasteiger partial charge in [-0.05, 0) is 36.4 Å². The predicted molar refractivity (Wildman–Crippen MR) is 139 cm³/mol. The third-order valence-corrected chi connectivity index (χ3v) is 9.03. The molecule has 0 atom stereocenters. The lowest BCUT2D eigenvalue weighted by molar-refractivity contribution is 0.592. The zero-order valence-corrected chi connectivity index (χ0v) is 19.5. The minimum atomic E-state index is -3.28. The van der Waals surface area contributed by atoms with E-state index in [1.807, 2.05) is 91.0 Å². The van der Waals surface area contributed by atoms with Crippen molar-refractivity contribution in [1.82, 2.24) is 30.6 Å². The van der Waals surface area contributed by atoms with Gasteiger partial charge in [0.25, 0.3) is 0 Å². The van der Waals surface area contributed by atoms with Gasteiger partial charge >= 0.3 is 0 Å². The van der Waals surface area contributed by atoms with Gasteiger partial charge in [-0.15, -0.1) is 0 Å². The van der Waals surface area contributed by atoms with Gasteiger partial charge in [0.2, 0.25) is 0 Å². The molecule has 0 fully saturated rings. The third-order valence-electron chi connectivity index (χ3n) is 6.02. The molecule has 35 heavy (non-hydrogen) atoms. The third kappa shape index (κ3) is 3.82. The fourth-order valence-corrected chi connectivity index (χ4v) is 7.04. The van der Waals surface area contributed by atoms with Gasteiger partial charge in [-0.25, -0.2) is 0 Å². The number of nitrogens with zero attached hydrogens (tertiary/aromatic N) is 3. The Morgan fingerprint density at radius 1 is 0.486 bits per heavy atom. The number of H-pyrrole nitrogens is 3. The Morgan fingerprint density at radius 2 is 0.829 bits per heavy atom. The Balaban J connectivity index is 1.57. The molecule has 3 aromatic carbocycles. The molecule has 0 aliphatic rings. The van der Waals surface area contributed by atoms with Gasteiger partial charge in [0.05, 0.1) is 17.1 Å². The summed E-state index contributed by atoms with van der Waals surface area (Å²) in [4.78, 5) is 0. The molecule has 0 amide bonds. The molecule has 0 aliphatic heterocycles. The van der Waals surface area contributed by atoms with Crippen molar-refractivity contribution in [2.45, 2.75) is 0 Å². The molecule has 3 N–H and O–H groups in total. The molecule has 0 unspecified atom stereocenters. The van der Waals surface area contributed by atoms with Gasteiger partial charge < -0.3 is 4.57 Å². The normalized spacial score (nSPS) is 11.5. The molecular weight excluding hydrogens is 455 g/mol. The van der Waals surface area contributed by atoms with E-state index in [0.717, 1.165) is 49.7 Å². The van der Waals surface area contributed by atoms with Crippen LogP contribution in [-0.2, 0) is 4.57 Å². The van der Waals surface area contributed by atoms with Crippen LogP contribution in [0.25, 0.3) is 33.8 Å². The summed E-state index contributed by atoms with van der Waals surface area (Å²) in [6, 6.07) is 29.1. The highest BCUT2D eigenvalue weighted by Gasteiger charge is 2.31. The fourth-order valence-electron chi connectivity index (χ4n) is 4.29. The largest absolute Gasteiger partial charge is 0.309 e. The fraction of sp³-hybridized carbons (Fsp3) is 0. The first kappa shape index (κ1) is 21.1. The molecule has 6 aromatic rings. The van der Waals surface area contributed by atoms with Crippen LogP contribution in [0, 0.1) is 0 Å². The molecule has 0 spiro atoms. The Morgan fingerprint density at radius 3 is 1.11 bits per heavy atom. The van der Waals surface area contributed by atoms with Gasteiger partial charge in [0, 0.05) is 51.2 Å². The second kappa shape index (κ2) is 8.70. The molecule has 3 heterocycles. The number of benzene rings is 3. The molecule has 170 valence electrons. The summed E-state index contributed by atoms with van der Waals surface area (Å²) in [5.41, 5.74) is 5.10. The highest BCUT2D eigenvalue weighted by Crippen LogP contribution is 2.44. The Kier molecular flexibility index (Phi) is 5.24. The van der Waals surface area contributed by atoms with Crippen LogP contribution in [0.5, 0.6) is 0 Å². The van der Waals surface area contributed by atoms with Gasteiger partial charge in [-0.2, -0.15) is 15.3 Å². The minimum Gasteiger partial charge on any atom is -0.309 e. The maximum atomic E-state index is 15.3. The first-order valence-corrected chi connectivity index (χ1v) is 12.8. The van der Waals surface area contributed by atoms with Gasteiger partial charge in [-0.1, -0.05) is 54.6 Å². The zero-order valence-electron chi connectivity index (χ0n) is 18.6. The van der Waals surface area contributed by atoms with E-state index in [-0.39, 0.29) is 0 Å². The lowest BCUT2D eigenvalue weighted by Crippen LogP contribution is -2.25. The maximum absolute atomic E-state index is 15.3. The summed E-state index contributed by atoms with van der Waals surface area (Å²) >= 11 is 0. The van der Waals surface area contributed by atoms with Crippen molar-refractivity contribution in [2.75, 3.05) is 0 Å². The van der Waals surface area contributed by atoms with Crippen molar-refractivity contribution in [1.29, 1.82) is 0 Å². The van der Waals surface area contributed by atoms with E-state index >= 15 is 4.57 Å². The smallest absolute Gasteiger partial charge is 0.171 e. The lowest BCUT2D eigenvalue weighted by atomic mass is 10.1. The van der Waals surface area contributed by atoms with Crippen LogP contribution in [0.15, 0.2) is 110 Å². The van der Waals surface area contributed by atoms with E-state index in [4.69, 9.17) is 0 Å². The van der Waals surface area contributed by atoms with Crippen LogP contribution in [0.4, 0.5) is 0 Å². The molecule has 7 nitrogen and oxygen atoms in total. The quantitative estimate of drug-likeness (QED) is 0.308. The second-order valence-electron chi connectivity index (χ2n) is 8.14. The monoisotopic (exact) mass is 476 g/mol. The highest BCUT2D eigenvalue weighted by molar-refractivity contribution is 7.85. The molecular formula is C27H21N6OP. The zero-order chi connectivity index (χ0) is 23.7. The number of nitrogens with one attached hydrogen (secondary N) is 3. The van der Waals surface area contributed by atoms with E-state index in [9.17, 15) is 0 Å². The molecule has 8 heteroatoms. The van der Waals surface area contributed by atoms with E-state index in [2.05, 4.69) is 30.6 Å². The SMILES string of the molecule is O=P(c1cccc(-c2cc[nH]n2)c1)(c1cccc(-c2cc[nH]n2)c1)c1cccc(-c2cc[nH]n2)c1. The Bertz CT molecular complexity index is 1430. The topological polar surface area (TPSA) is 103 Å². The standard InChI is InChI=1S/C27H21N6OP/c34-35(22-7-1-4-19(16-22)25-10-13-28-31-25,23-8-2-5-20(17-23)26-11-14-29-32-26)24-9-3-6-21(18-24)27-12-15-30-33-27/h1-18H,(H,28,31)(H,29,32)(H,30,33). The van der Waals surface area contributed by atoms with Gasteiger partial charge in [0.1, 0.15) is 0 Å². The molecule has 0 aliphatic carbocycles. The van der Waals surface area contributed by atoms with Crippen LogP contribution in [0.1, 0.15) is 0 Å². The highest BCUT2D eigenvalue weighted by atomic mass is 31.2. The average Bonchev–Trinajstić information content (AvgIpc) is 3.72. The molecule has 6 rings (SSSR count). The summed E-state index contributed by atoms with van der Waals surface area (Å²) in [6.07, 6.45) is 5.34. The van der Waals surface area contributed by atoms with Crippen molar-refractivity contribution in [2.24, 2.45) is 0 Å². The van der Waals surface area contributed by atoms with Crippen molar-refractivity contribution < 1.29 is 4.57 Å². The number of aromatic amines is 3. The predicted octanol–water partition coefficient (Wildman–Crippen LogP) is 4.50. The maximum Gasteiger partial charge on any atom is 0.171 e. The van der Waals surface area contributed by atoms with Crippen molar-refractivity contribution in [3.8, 4) is 33.8 Å². The molecule has 0 radical (unpaired) electrons. The molecule has 3 aromatic heterocycles. The first-order valence-electron chi connectivity index (χ1n) is 11.1. The lowest BCUT2D eigenvalue weighted by Gasteiger charge is -2.21. The van der Waals surface area contributed by atoms with Crippen molar-refractivity contribution in [3.05, 3.63) is 110 Å². The number of aromatic nitrogens is 6. The summed E-state index contributed by atoms with van der Waals surface area (Å²) in [6.45, 7) is 0. The Hall–Kier alpha value is -4.48. The summed E-state index contributed by atoms with van der Waals surface area (Å²) in [7, 11) is -3.28. The minimum absolute atomic E-state index is 0.733. The van der Waals surface area contributed by atoms with Crippen LogP contribution in [0.2, 0.25) is 0 Å². The van der Waals surface area contributed by atoms with Crippen molar-refractivity contribution in [3.63, 3.8) is 0 Å². The van der Waals surface area contributed by atoms with Gasteiger partial charge in [-0.3, -0.25) is 15.3 Å². The van der Waals surface area contributed by atoms with E-state index in [0.29, 0.717) is 0 Å². The van der Waals surface area contributed by atoms with Crippen LogP contribution < -0.4 is 15.9 Å².